The molecule has 24 heavy (non-hydrogen) atoms. The normalized spacial score (nSPS) is 25.8. The molecule has 2 heterocycles. The number of aryl methyl sites for hydroxylation is 1. The van der Waals surface area contributed by atoms with Gasteiger partial charge in [0, 0.05) is 39.0 Å². The first-order valence-corrected chi connectivity index (χ1v) is 9.76. The van der Waals surface area contributed by atoms with Crippen molar-refractivity contribution < 1.29 is 17.9 Å². The number of nitrogens with zero attached hydrogens (tertiary/aromatic N) is 2. The minimum absolute atomic E-state index is 0.0501. The molecule has 0 radical (unpaired) electrons. The number of hydrogen-bond donors (Lipinski definition) is 0. The van der Waals surface area contributed by atoms with Gasteiger partial charge >= 0.3 is 0 Å². The minimum atomic E-state index is -3.50. The summed E-state index contributed by atoms with van der Waals surface area (Å²) >= 11 is 0. The number of amides is 1. The van der Waals surface area contributed by atoms with Gasteiger partial charge in [-0.15, -0.1) is 0 Å². The lowest BCUT2D eigenvalue weighted by Gasteiger charge is -2.37. The Morgan fingerprint density at radius 2 is 2.04 bits per heavy atom. The summed E-state index contributed by atoms with van der Waals surface area (Å²) in [5.74, 6) is 0.245. The van der Waals surface area contributed by atoms with Crippen molar-refractivity contribution in [2.75, 3.05) is 32.8 Å². The van der Waals surface area contributed by atoms with Gasteiger partial charge in [0.1, 0.15) is 0 Å². The predicted molar refractivity (Wildman–Crippen MR) is 90.0 cm³/mol. The zero-order valence-electron chi connectivity index (χ0n) is 14.1. The molecule has 0 aliphatic carbocycles. The van der Waals surface area contributed by atoms with Crippen molar-refractivity contribution in [3.8, 4) is 0 Å². The molecule has 1 amide bonds. The summed E-state index contributed by atoms with van der Waals surface area (Å²) < 4.78 is 33.1. The molecule has 6 nitrogen and oxygen atoms in total. The first-order valence-electron chi connectivity index (χ1n) is 8.32. The average molecular weight is 352 g/mol. The summed E-state index contributed by atoms with van der Waals surface area (Å²) in [6.45, 7) is 5.96. The van der Waals surface area contributed by atoms with Crippen LogP contribution < -0.4 is 0 Å². The van der Waals surface area contributed by atoms with Gasteiger partial charge in [0.15, 0.2) is 0 Å². The van der Waals surface area contributed by atoms with Crippen LogP contribution >= 0.6 is 0 Å². The first kappa shape index (κ1) is 17.4. The lowest BCUT2D eigenvalue weighted by Crippen LogP contribution is -2.49. The monoisotopic (exact) mass is 352 g/mol. The second-order valence-corrected chi connectivity index (χ2v) is 8.54. The molecule has 0 unspecified atom stereocenters. The number of piperidine rings is 1. The van der Waals surface area contributed by atoms with E-state index in [1.54, 1.807) is 30.0 Å². The molecular formula is C17H24N2O4S. The van der Waals surface area contributed by atoms with Crippen molar-refractivity contribution in [1.82, 2.24) is 9.21 Å². The first-order chi connectivity index (χ1) is 11.4. The summed E-state index contributed by atoms with van der Waals surface area (Å²) in [5, 5.41) is 0. The molecule has 1 aromatic rings. The van der Waals surface area contributed by atoms with E-state index >= 15 is 0 Å². The van der Waals surface area contributed by atoms with Gasteiger partial charge in [-0.3, -0.25) is 4.79 Å². The SMILES string of the molecule is CC(=O)N1CCO[C@@H]2CN(S(=O)(=O)c3cccc(C)c3)CC[C@@H]2C1. The number of hydrogen-bond acceptors (Lipinski definition) is 4. The molecule has 0 saturated carbocycles. The van der Waals surface area contributed by atoms with Gasteiger partial charge in [-0.1, -0.05) is 12.1 Å². The van der Waals surface area contributed by atoms with Crippen molar-refractivity contribution in [3.63, 3.8) is 0 Å². The standard InChI is InChI=1S/C17H24N2O4S/c1-13-4-3-5-16(10-13)24(21,22)19-7-6-15-11-18(14(2)20)8-9-23-17(15)12-19/h3-5,10,15,17H,6-9,11-12H2,1-2H3/t15-,17-/m1/s1. The van der Waals surface area contributed by atoms with E-state index in [4.69, 9.17) is 4.74 Å². The fraction of sp³-hybridized carbons (Fsp3) is 0.588. The molecule has 3 rings (SSSR count). The molecule has 2 aliphatic heterocycles. The zero-order valence-corrected chi connectivity index (χ0v) is 15.0. The number of sulfonamides is 1. The molecule has 2 aliphatic rings. The van der Waals surface area contributed by atoms with Crippen LogP contribution in [0, 0.1) is 12.8 Å². The van der Waals surface area contributed by atoms with Gasteiger partial charge in [0.2, 0.25) is 15.9 Å². The molecular weight excluding hydrogens is 328 g/mol. The lowest BCUT2D eigenvalue weighted by atomic mass is 9.94. The van der Waals surface area contributed by atoms with Crippen LogP contribution in [0.1, 0.15) is 18.9 Å². The van der Waals surface area contributed by atoms with E-state index in [2.05, 4.69) is 0 Å². The summed E-state index contributed by atoms with van der Waals surface area (Å²) in [4.78, 5) is 13.8. The number of carbonyl (C=O) groups excluding carboxylic acids is 1. The number of rotatable bonds is 2. The molecule has 2 fully saturated rings. The summed E-state index contributed by atoms with van der Waals surface area (Å²) in [7, 11) is -3.50. The molecule has 2 atom stereocenters. The van der Waals surface area contributed by atoms with Crippen LogP contribution in [-0.4, -0.2) is 62.4 Å². The van der Waals surface area contributed by atoms with Crippen LogP contribution in [0.15, 0.2) is 29.2 Å². The highest BCUT2D eigenvalue weighted by Gasteiger charge is 2.38. The topological polar surface area (TPSA) is 66.9 Å². The molecule has 2 saturated heterocycles. The Morgan fingerprint density at radius 3 is 2.75 bits per heavy atom. The Kier molecular flexibility index (Phi) is 4.94. The summed E-state index contributed by atoms with van der Waals surface area (Å²) in [6, 6.07) is 6.99. The van der Waals surface area contributed by atoms with Gasteiger partial charge in [0.05, 0.1) is 17.6 Å². The Bertz CT molecular complexity index is 719. The molecule has 0 aromatic heterocycles. The van der Waals surface area contributed by atoms with E-state index in [1.807, 2.05) is 13.0 Å². The van der Waals surface area contributed by atoms with Crippen LogP contribution in [-0.2, 0) is 19.6 Å². The van der Waals surface area contributed by atoms with Crippen molar-refractivity contribution in [1.29, 1.82) is 0 Å². The van der Waals surface area contributed by atoms with E-state index in [0.717, 1.165) is 5.56 Å². The fourth-order valence-electron chi connectivity index (χ4n) is 3.45. The number of fused-ring (bicyclic) bond motifs is 1. The predicted octanol–water partition coefficient (Wildman–Crippen LogP) is 1.25. The summed E-state index contributed by atoms with van der Waals surface area (Å²) in [5.41, 5.74) is 0.925. The zero-order chi connectivity index (χ0) is 17.3. The molecule has 0 spiro atoms. The Morgan fingerprint density at radius 1 is 1.25 bits per heavy atom. The molecule has 7 heteroatoms. The minimum Gasteiger partial charge on any atom is -0.375 e. The van der Waals surface area contributed by atoms with Gasteiger partial charge in [-0.2, -0.15) is 4.31 Å². The summed E-state index contributed by atoms with van der Waals surface area (Å²) in [6.07, 6.45) is 0.558. The Balaban J connectivity index is 1.76. The highest BCUT2D eigenvalue weighted by molar-refractivity contribution is 7.89. The molecule has 1 aromatic carbocycles. The third-order valence-electron chi connectivity index (χ3n) is 4.88. The third-order valence-corrected chi connectivity index (χ3v) is 6.74. The lowest BCUT2D eigenvalue weighted by molar-refractivity contribution is -0.129. The maximum atomic E-state index is 12.9. The highest BCUT2D eigenvalue weighted by Crippen LogP contribution is 2.28. The number of ether oxygens (including phenoxy) is 1. The van der Waals surface area contributed by atoms with Crippen LogP contribution in [0.3, 0.4) is 0 Å². The molecule has 0 bridgehead atoms. The fourth-order valence-corrected chi connectivity index (χ4v) is 5.02. The third kappa shape index (κ3) is 3.48. The van der Waals surface area contributed by atoms with E-state index < -0.39 is 10.0 Å². The highest BCUT2D eigenvalue weighted by atomic mass is 32.2. The van der Waals surface area contributed by atoms with Gasteiger partial charge in [-0.05, 0) is 31.0 Å². The van der Waals surface area contributed by atoms with Crippen molar-refractivity contribution in [3.05, 3.63) is 29.8 Å². The molecule has 132 valence electrons. The van der Waals surface area contributed by atoms with Gasteiger partial charge in [-0.25, -0.2) is 8.42 Å². The van der Waals surface area contributed by atoms with E-state index in [-0.39, 0.29) is 17.9 Å². The van der Waals surface area contributed by atoms with E-state index in [9.17, 15) is 13.2 Å². The maximum absolute atomic E-state index is 12.9. The number of carbonyl (C=O) groups is 1. The second-order valence-electron chi connectivity index (χ2n) is 6.60. The van der Waals surface area contributed by atoms with Crippen LogP contribution in [0.25, 0.3) is 0 Å². The quantitative estimate of drug-likeness (QED) is 0.803. The molecule has 0 N–H and O–H groups in total. The Hall–Kier alpha value is -1.44. The van der Waals surface area contributed by atoms with E-state index in [0.29, 0.717) is 44.1 Å². The second kappa shape index (κ2) is 6.82. The largest absolute Gasteiger partial charge is 0.375 e. The van der Waals surface area contributed by atoms with Crippen molar-refractivity contribution in [2.45, 2.75) is 31.3 Å². The van der Waals surface area contributed by atoms with Crippen molar-refractivity contribution in [2.24, 2.45) is 5.92 Å². The maximum Gasteiger partial charge on any atom is 0.243 e. The van der Waals surface area contributed by atoms with E-state index in [1.165, 1.54) is 4.31 Å². The smallest absolute Gasteiger partial charge is 0.243 e. The van der Waals surface area contributed by atoms with Crippen LogP contribution in [0.4, 0.5) is 0 Å². The Labute approximate surface area is 143 Å². The van der Waals surface area contributed by atoms with Crippen LogP contribution in [0.5, 0.6) is 0 Å². The van der Waals surface area contributed by atoms with Gasteiger partial charge in [0.25, 0.3) is 0 Å². The van der Waals surface area contributed by atoms with Crippen LogP contribution in [0.2, 0.25) is 0 Å². The average Bonchev–Trinajstić information content (AvgIpc) is 2.76. The van der Waals surface area contributed by atoms with Gasteiger partial charge < -0.3 is 9.64 Å². The van der Waals surface area contributed by atoms with Crippen molar-refractivity contribution >= 4 is 15.9 Å². The number of benzene rings is 1.